The molecule has 1 saturated carbocycles. The average Bonchev–Trinajstić information content (AvgIpc) is 3.14. The summed E-state index contributed by atoms with van der Waals surface area (Å²) < 4.78 is 0. The van der Waals surface area contributed by atoms with Gasteiger partial charge in [-0.25, -0.2) is 0 Å². The maximum Gasteiger partial charge on any atom is 0.223 e. The summed E-state index contributed by atoms with van der Waals surface area (Å²) in [7, 11) is 0. The zero-order valence-corrected chi connectivity index (χ0v) is 15.5. The normalized spacial score (nSPS) is 23.8. The number of aryl methyl sites for hydroxylation is 1. The zero-order chi connectivity index (χ0) is 18.4. The van der Waals surface area contributed by atoms with Crippen LogP contribution in [0, 0.1) is 11.8 Å². The smallest absolute Gasteiger partial charge is 0.223 e. The lowest BCUT2D eigenvalue weighted by Gasteiger charge is -2.32. The van der Waals surface area contributed by atoms with Gasteiger partial charge in [0.1, 0.15) is 0 Å². The van der Waals surface area contributed by atoms with Gasteiger partial charge in [0.2, 0.25) is 11.8 Å². The molecule has 142 valence electrons. The molecule has 1 saturated heterocycles. The highest BCUT2D eigenvalue weighted by Gasteiger charge is 2.32. The van der Waals surface area contributed by atoms with Gasteiger partial charge in [0.25, 0.3) is 0 Å². The summed E-state index contributed by atoms with van der Waals surface area (Å²) in [4.78, 5) is 26.9. The molecule has 0 radical (unpaired) electrons. The summed E-state index contributed by atoms with van der Waals surface area (Å²) in [5, 5.41) is 3.22. The van der Waals surface area contributed by atoms with E-state index in [0.29, 0.717) is 32.0 Å². The number of hydrogen-bond acceptors (Lipinski definition) is 3. The fourth-order valence-electron chi connectivity index (χ4n) is 4.25. The Bertz CT molecular complexity index is 597. The fraction of sp³-hybridized carbons (Fsp3) is 0.619. The van der Waals surface area contributed by atoms with E-state index >= 15 is 0 Å². The molecule has 0 spiro atoms. The number of rotatable bonds is 6. The molecule has 5 heteroatoms. The van der Waals surface area contributed by atoms with Crippen LogP contribution in [0.25, 0.3) is 0 Å². The number of carbonyl (C=O) groups excluding carboxylic acids is 2. The fourth-order valence-corrected chi connectivity index (χ4v) is 4.25. The van der Waals surface area contributed by atoms with Gasteiger partial charge in [0, 0.05) is 31.5 Å². The third kappa shape index (κ3) is 4.85. The average molecular weight is 357 g/mol. The molecule has 3 N–H and O–H groups in total. The molecule has 0 aromatic heterocycles. The molecule has 1 aliphatic heterocycles. The van der Waals surface area contributed by atoms with Gasteiger partial charge >= 0.3 is 0 Å². The van der Waals surface area contributed by atoms with Gasteiger partial charge in [0.05, 0.1) is 0 Å². The lowest BCUT2D eigenvalue weighted by atomic mass is 9.94. The highest BCUT2D eigenvalue weighted by atomic mass is 16.2. The Morgan fingerprint density at radius 3 is 2.50 bits per heavy atom. The van der Waals surface area contributed by atoms with Crippen molar-refractivity contribution in [1.82, 2.24) is 10.2 Å². The maximum atomic E-state index is 12.5. The number of piperidine rings is 1. The van der Waals surface area contributed by atoms with Crippen molar-refractivity contribution in [3.63, 3.8) is 0 Å². The first kappa shape index (κ1) is 18.9. The highest BCUT2D eigenvalue weighted by molar-refractivity contribution is 5.80. The van der Waals surface area contributed by atoms with Crippen LogP contribution in [-0.2, 0) is 16.0 Å². The van der Waals surface area contributed by atoms with Crippen LogP contribution in [0.3, 0.4) is 0 Å². The van der Waals surface area contributed by atoms with Crippen LogP contribution in [0.1, 0.15) is 44.1 Å². The van der Waals surface area contributed by atoms with E-state index in [-0.39, 0.29) is 23.8 Å². The maximum absolute atomic E-state index is 12.5. The number of likely N-dealkylation sites (tertiary alicyclic amines) is 1. The van der Waals surface area contributed by atoms with Gasteiger partial charge in [-0.3, -0.25) is 9.59 Å². The lowest BCUT2D eigenvalue weighted by molar-refractivity contribution is -0.135. The van der Waals surface area contributed by atoms with E-state index in [9.17, 15) is 9.59 Å². The predicted octanol–water partition coefficient (Wildman–Crippen LogP) is 2.10. The predicted molar refractivity (Wildman–Crippen MR) is 102 cm³/mol. The number of hydrogen-bond donors (Lipinski definition) is 2. The summed E-state index contributed by atoms with van der Waals surface area (Å²) >= 11 is 0. The topological polar surface area (TPSA) is 75.4 Å². The van der Waals surface area contributed by atoms with Crippen molar-refractivity contribution in [3.8, 4) is 0 Å². The minimum Gasteiger partial charge on any atom is -0.353 e. The quantitative estimate of drug-likeness (QED) is 0.819. The summed E-state index contributed by atoms with van der Waals surface area (Å²) in [6.07, 6.45) is 6.18. The summed E-state index contributed by atoms with van der Waals surface area (Å²) in [5.74, 6) is 0.823. The van der Waals surface area contributed by atoms with Crippen LogP contribution in [-0.4, -0.2) is 42.4 Å². The minimum atomic E-state index is 0.0344. The largest absolute Gasteiger partial charge is 0.353 e. The van der Waals surface area contributed by atoms with E-state index < -0.39 is 0 Å². The molecular weight excluding hydrogens is 326 g/mol. The molecule has 0 bridgehead atoms. The Morgan fingerprint density at radius 1 is 1.08 bits per heavy atom. The summed E-state index contributed by atoms with van der Waals surface area (Å²) in [6.45, 7) is 2.03. The van der Waals surface area contributed by atoms with Crippen molar-refractivity contribution < 1.29 is 9.59 Å². The first-order valence-electron chi connectivity index (χ1n) is 9.99. The second-order valence-electron chi connectivity index (χ2n) is 7.68. The molecule has 3 rings (SSSR count). The van der Waals surface area contributed by atoms with Crippen molar-refractivity contribution in [1.29, 1.82) is 0 Å². The molecule has 2 unspecified atom stereocenters. The number of carbonyl (C=O) groups is 2. The molecule has 5 nitrogen and oxygen atoms in total. The van der Waals surface area contributed by atoms with Crippen molar-refractivity contribution in [2.24, 2.45) is 17.6 Å². The van der Waals surface area contributed by atoms with E-state index in [0.717, 1.165) is 38.5 Å². The monoisotopic (exact) mass is 357 g/mol. The van der Waals surface area contributed by atoms with E-state index in [1.165, 1.54) is 5.56 Å². The Hall–Kier alpha value is -1.88. The van der Waals surface area contributed by atoms with Gasteiger partial charge in [-0.15, -0.1) is 0 Å². The van der Waals surface area contributed by atoms with E-state index in [1.807, 2.05) is 23.1 Å². The van der Waals surface area contributed by atoms with Crippen LogP contribution in [0.2, 0.25) is 0 Å². The Morgan fingerprint density at radius 2 is 1.81 bits per heavy atom. The third-order valence-corrected chi connectivity index (χ3v) is 5.98. The Balaban J connectivity index is 1.40. The number of nitrogens with zero attached hydrogens (tertiary/aromatic N) is 1. The van der Waals surface area contributed by atoms with Crippen LogP contribution in [0.15, 0.2) is 30.3 Å². The van der Waals surface area contributed by atoms with Crippen molar-refractivity contribution in [2.45, 2.75) is 51.0 Å². The second kappa shape index (κ2) is 9.17. The molecule has 1 aliphatic carbocycles. The molecule has 1 heterocycles. The van der Waals surface area contributed by atoms with Crippen molar-refractivity contribution in [2.75, 3.05) is 19.6 Å². The van der Waals surface area contributed by atoms with Crippen LogP contribution in [0.4, 0.5) is 0 Å². The van der Waals surface area contributed by atoms with Gasteiger partial charge in [0.15, 0.2) is 0 Å². The zero-order valence-electron chi connectivity index (χ0n) is 15.5. The van der Waals surface area contributed by atoms with Gasteiger partial charge < -0.3 is 16.0 Å². The lowest BCUT2D eigenvalue weighted by Crippen LogP contribution is -2.47. The molecule has 2 aliphatic rings. The molecule has 2 fully saturated rings. The van der Waals surface area contributed by atoms with Crippen LogP contribution < -0.4 is 11.1 Å². The van der Waals surface area contributed by atoms with Gasteiger partial charge in [-0.2, -0.15) is 0 Å². The number of nitrogens with one attached hydrogen (secondary N) is 1. The van der Waals surface area contributed by atoms with E-state index in [1.54, 1.807) is 0 Å². The third-order valence-electron chi connectivity index (χ3n) is 5.98. The first-order chi connectivity index (χ1) is 12.7. The highest BCUT2D eigenvalue weighted by Crippen LogP contribution is 2.26. The number of amides is 2. The first-order valence-corrected chi connectivity index (χ1v) is 9.99. The van der Waals surface area contributed by atoms with Crippen molar-refractivity contribution in [3.05, 3.63) is 35.9 Å². The summed E-state index contributed by atoms with van der Waals surface area (Å²) in [6, 6.07) is 10.4. The SMILES string of the molecule is NCC1CCCC1NC(=O)C1CCN(C(=O)CCc2ccccc2)CC1. The molecular formula is C21H31N3O2. The Labute approximate surface area is 156 Å². The number of benzene rings is 1. The Kier molecular flexibility index (Phi) is 6.67. The van der Waals surface area contributed by atoms with Crippen molar-refractivity contribution >= 4 is 11.8 Å². The van der Waals surface area contributed by atoms with E-state index in [4.69, 9.17) is 5.73 Å². The van der Waals surface area contributed by atoms with E-state index in [2.05, 4.69) is 17.4 Å². The number of nitrogens with two attached hydrogens (primary N) is 1. The molecule has 26 heavy (non-hydrogen) atoms. The molecule has 1 aromatic rings. The minimum absolute atomic E-state index is 0.0344. The van der Waals surface area contributed by atoms with Crippen LogP contribution in [0.5, 0.6) is 0 Å². The molecule has 2 amide bonds. The molecule has 2 atom stereocenters. The summed E-state index contributed by atoms with van der Waals surface area (Å²) in [5.41, 5.74) is 7.00. The standard InChI is InChI=1S/C21H31N3O2/c22-15-18-7-4-8-19(18)23-21(26)17-11-13-24(14-12-17)20(25)10-9-16-5-2-1-3-6-16/h1-3,5-6,17-19H,4,7-15,22H2,(H,23,26). The van der Waals surface area contributed by atoms with Gasteiger partial charge in [-0.1, -0.05) is 36.8 Å². The van der Waals surface area contributed by atoms with Crippen LogP contribution >= 0.6 is 0 Å². The second-order valence-corrected chi connectivity index (χ2v) is 7.68. The van der Waals surface area contributed by atoms with Gasteiger partial charge in [-0.05, 0) is 50.1 Å². The molecule has 1 aromatic carbocycles.